The fourth-order valence-corrected chi connectivity index (χ4v) is 4.98. The molecule has 0 unspecified atom stereocenters. The van der Waals surface area contributed by atoms with Crippen molar-refractivity contribution in [3.8, 4) is 0 Å². The smallest absolute Gasteiger partial charge is 0.227 e. The molecule has 0 spiro atoms. The van der Waals surface area contributed by atoms with Gasteiger partial charge in [-0.3, -0.25) is 4.79 Å². The van der Waals surface area contributed by atoms with Gasteiger partial charge in [-0.25, -0.2) is 0 Å². The largest absolute Gasteiger partial charge is 0.364 e. The molecule has 0 aliphatic carbocycles. The number of benzene rings is 2. The van der Waals surface area contributed by atoms with E-state index >= 15 is 0 Å². The summed E-state index contributed by atoms with van der Waals surface area (Å²) in [7, 11) is 0. The van der Waals surface area contributed by atoms with Crippen molar-refractivity contribution in [2.75, 3.05) is 11.4 Å². The van der Waals surface area contributed by atoms with Gasteiger partial charge in [-0.2, -0.15) is 0 Å². The van der Waals surface area contributed by atoms with E-state index in [1.54, 1.807) is 0 Å². The van der Waals surface area contributed by atoms with Crippen molar-refractivity contribution in [2.45, 2.75) is 65.7 Å². The Bertz CT molecular complexity index is 1060. The second-order valence-electron chi connectivity index (χ2n) is 8.83. The number of para-hydroxylation sites is 1. The SMILES string of the molecule is CCc1c(CCC(=O)N2CCCc3ccccc32)c[nH]c1CCc1ccc(C)cc1C. The average molecular weight is 415 g/mol. The molecule has 1 aliphatic rings. The lowest BCUT2D eigenvalue weighted by Gasteiger charge is -2.29. The molecule has 0 bridgehead atoms. The van der Waals surface area contributed by atoms with E-state index in [0.717, 1.165) is 50.8 Å². The molecule has 4 rings (SSSR count). The highest BCUT2D eigenvalue weighted by Crippen LogP contribution is 2.28. The number of aryl methyl sites for hydroxylation is 6. The normalized spacial score (nSPS) is 13.3. The van der Waals surface area contributed by atoms with Gasteiger partial charge in [-0.15, -0.1) is 0 Å². The third kappa shape index (κ3) is 4.76. The molecule has 2 heterocycles. The molecule has 0 saturated carbocycles. The van der Waals surface area contributed by atoms with E-state index in [0.29, 0.717) is 6.42 Å². The summed E-state index contributed by atoms with van der Waals surface area (Å²) in [4.78, 5) is 18.6. The van der Waals surface area contributed by atoms with Crippen LogP contribution in [0.25, 0.3) is 0 Å². The molecule has 1 N–H and O–H groups in total. The fourth-order valence-electron chi connectivity index (χ4n) is 4.98. The molecule has 3 aromatic rings. The highest BCUT2D eigenvalue weighted by molar-refractivity contribution is 5.94. The molecule has 1 aromatic heterocycles. The van der Waals surface area contributed by atoms with Crippen LogP contribution in [0.1, 0.15) is 58.8 Å². The van der Waals surface area contributed by atoms with Crippen molar-refractivity contribution in [3.05, 3.63) is 87.7 Å². The molecule has 1 amide bonds. The summed E-state index contributed by atoms with van der Waals surface area (Å²) in [5.41, 5.74) is 10.5. The van der Waals surface area contributed by atoms with Crippen molar-refractivity contribution in [2.24, 2.45) is 0 Å². The first kappa shape index (κ1) is 21.4. The van der Waals surface area contributed by atoms with Crippen LogP contribution in [-0.4, -0.2) is 17.4 Å². The fraction of sp³-hybridized carbons (Fsp3) is 0.393. The molecule has 0 fully saturated rings. The molecular weight excluding hydrogens is 380 g/mol. The van der Waals surface area contributed by atoms with Gasteiger partial charge in [0.2, 0.25) is 5.91 Å². The van der Waals surface area contributed by atoms with Crippen LogP contribution in [0.4, 0.5) is 5.69 Å². The zero-order chi connectivity index (χ0) is 21.8. The summed E-state index contributed by atoms with van der Waals surface area (Å²) in [6, 6.07) is 15.1. The van der Waals surface area contributed by atoms with E-state index in [1.807, 2.05) is 11.0 Å². The highest BCUT2D eigenvalue weighted by atomic mass is 16.2. The van der Waals surface area contributed by atoms with E-state index in [2.05, 4.69) is 68.4 Å². The Balaban J connectivity index is 1.40. The Labute approximate surface area is 186 Å². The number of rotatable bonds is 7. The monoisotopic (exact) mass is 414 g/mol. The van der Waals surface area contributed by atoms with Crippen LogP contribution in [0.5, 0.6) is 0 Å². The predicted molar refractivity (Wildman–Crippen MR) is 129 cm³/mol. The van der Waals surface area contributed by atoms with Gasteiger partial charge in [0.15, 0.2) is 0 Å². The maximum atomic E-state index is 13.0. The molecule has 0 atom stereocenters. The van der Waals surface area contributed by atoms with Crippen molar-refractivity contribution in [1.82, 2.24) is 4.98 Å². The van der Waals surface area contributed by atoms with Crippen LogP contribution in [0.15, 0.2) is 48.7 Å². The molecule has 2 aromatic carbocycles. The molecule has 0 radical (unpaired) electrons. The first-order valence-corrected chi connectivity index (χ1v) is 11.7. The van der Waals surface area contributed by atoms with E-state index in [9.17, 15) is 4.79 Å². The zero-order valence-electron chi connectivity index (χ0n) is 19.1. The van der Waals surface area contributed by atoms with Crippen molar-refractivity contribution < 1.29 is 4.79 Å². The minimum absolute atomic E-state index is 0.243. The van der Waals surface area contributed by atoms with Crippen LogP contribution in [0.2, 0.25) is 0 Å². The van der Waals surface area contributed by atoms with Gasteiger partial charge in [0.1, 0.15) is 0 Å². The van der Waals surface area contributed by atoms with Crippen molar-refractivity contribution in [1.29, 1.82) is 0 Å². The number of nitrogens with zero attached hydrogens (tertiary/aromatic N) is 1. The summed E-state index contributed by atoms with van der Waals surface area (Å²) >= 11 is 0. The summed E-state index contributed by atoms with van der Waals surface area (Å²) in [6.07, 6.45) is 8.69. The van der Waals surface area contributed by atoms with Gasteiger partial charge < -0.3 is 9.88 Å². The summed E-state index contributed by atoms with van der Waals surface area (Å²) in [6.45, 7) is 7.40. The zero-order valence-corrected chi connectivity index (χ0v) is 19.1. The van der Waals surface area contributed by atoms with Crippen LogP contribution in [-0.2, 0) is 36.9 Å². The lowest BCUT2D eigenvalue weighted by molar-refractivity contribution is -0.118. The van der Waals surface area contributed by atoms with E-state index in [1.165, 1.54) is 39.1 Å². The minimum Gasteiger partial charge on any atom is -0.364 e. The average Bonchev–Trinajstić information content (AvgIpc) is 3.18. The molecule has 3 heteroatoms. The second-order valence-corrected chi connectivity index (χ2v) is 8.83. The maximum Gasteiger partial charge on any atom is 0.227 e. The number of carbonyl (C=O) groups excluding carboxylic acids is 1. The number of anilines is 1. The number of H-pyrrole nitrogens is 1. The Morgan fingerprint density at radius 2 is 1.87 bits per heavy atom. The molecule has 1 aliphatic heterocycles. The lowest BCUT2D eigenvalue weighted by Crippen LogP contribution is -2.35. The number of amides is 1. The first-order valence-electron chi connectivity index (χ1n) is 11.7. The lowest BCUT2D eigenvalue weighted by atomic mass is 9.97. The van der Waals surface area contributed by atoms with Gasteiger partial charge in [0, 0.05) is 30.5 Å². The number of carbonyl (C=O) groups is 1. The summed E-state index contributed by atoms with van der Waals surface area (Å²) in [5, 5.41) is 0. The van der Waals surface area contributed by atoms with Gasteiger partial charge in [0.25, 0.3) is 0 Å². The maximum absolute atomic E-state index is 13.0. The standard InChI is InChI=1S/C28H34N2O/c1-4-25-24(19-29-26(25)15-13-22-12-11-20(2)18-21(22)3)14-16-28(31)30-17-7-9-23-8-5-6-10-27(23)30/h5-6,8,10-12,18-19,29H,4,7,9,13-17H2,1-3H3. The third-order valence-corrected chi connectivity index (χ3v) is 6.69. The third-order valence-electron chi connectivity index (χ3n) is 6.69. The second kappa shape index (κ2) is 9.55. The Morgan fingerprint density at radius 3 is 2.68 bits per heavy atom. The van der Waals surface area contributed by atoms with Crippen LogP contribution >= 0.6 is 0 Å². The number of fused-ring (bicyclic) bond motifs is 1. The first-order chi connectivity index (χ1) is 15.1. The number of hydrogen-bond donors (Lipinski definition) is 1. The van der Waals surface area contributed by atoms with Crippen LogP contribution in [0.3, 0.4) is 0 Å². The minimum atomic E-state index is 0.243. The summed E-state index contributed by atoms with van der Waals surface area (Å²) in [5.74, 6) is 0.243. The van der Waals surface area contributed by atoms with E-state index in [-0.39, 0.29) is 5.91 Å². The molecule has 31 heavy (non-hydrogen) atoms. The van der Waals surface area contributed by atoms with Gasteiger partial charge in [0.05, 0.1) is 0 Å². The van der Waals surface area contributed by atoms with Crippen LogP contribution in [0, 0.1) is 13.8 Å². The van der Waals surface area contributed by atoms with Crippen molar-refractivity contribution in [3.63, 3.8) is 0 Å². The Morgan fingerprint density at radius 1 is 1.03 bits per heavy atom. The van der Waals surface area contributed by atoms with Crippen LogP contribution < -0.4 is 4.90 Å². The quantitative estimate of drug-likeness (QED) is 0.514. The number of aromatic amines is 1. The Kier molecular flexibility index (Phi) is 6.60. The van der Waals surface area contributed by atoms with E-state index < -0.39 is 0 Å². The predicted octanol–water partition coefficient (Wildman–Crippen LogP) is 5.89. The van der Waals surface area contributed by atoms with Gasteiger partial charge >= 0.3 is 0 Å². The van der Waals surface area contributed by atoms with Crippen molar-refractivity contribution >= 4 is 11.6 Å². The summed E-state index contributed by atoms with van der Waals surface area (Å²) < 4.78 is 0. The number of nitrogens with one attached hydrogen (secondary N) is 1. The van der Waals surface area contributed by atoms with Gasteiger partial charge in [-0.1, -0.05) is 48.9 Å². The van der Waals surface area contributed by atoms with E-state index in [4.69, 9.17) is 0 Å². The van der Waals surface area contributed by atoms with Gasteiger partial charge in [-0.05, 0) is 86.3 Å². The molecule has 3 nitrogen and oxygen atoms in total. The topological polar surface area (TPSA) is 36.1 Å². The molecule has 0 saturated heterocycles. The number of hydrogen-bond acceptors (Lipinski definition) is 1. The molecule has 162 valence electrons. The Hall–Kier alpha value is -2.81. The number of aromatic nitrogens is 1. The molecular formula is C28H34N2O. The highest BCUT2D eigenvalue weighted by Gasteiger charge is 2.22.